The summed E-state index contributed by atoms with van der Waals surface area (Å²) in [6.07, 6.45) is 2.96. The van der Waals surface area contributed by atoms with E-state index in [9.17, 15) is 4.79 Å². The van der Waals surface area contributed by atoms with Crippen molar-refractivity contribution in [2.45, 2.75) is 39.7 Å². The average molecular weight is 358 g/mol. The third-order valence-electron chi connectivity index (χ3n) is 2.89. The average Bonchev–Trinajstić information content (AvgIpc) is 2.47. The van der Waals surface area contributed by atoms with Gasteiger partial charge in [-0.1, -0.05) is 32.4 Å². The van der Waals surface area contributed by atoms with Crippen molar-refractivity contribution in [3.63, 3.8) is 0 Å². The highest BCUT2D eigenvalue weighted by Crippen LogP contribution is 2.29. The van der Waals surface area contributed by atoms with Crippen molar-refractivity contribution in [2.75, 3.05) is 19.8 Å². The van der Waals surface area contributed by atoms with E-state index in [4.69, 9.17) is 9.47 Å². The van der Waals surface area contributed by atoms with Gasteiger partial charge in [-0.3, -0.25) is 0 Å². The van der Waals surface area contributed by atoms with Crippen LogP contribution < -0.4 is 10.1 Å². The van der Waals surface area contributed by atoms with E-state index >= 15 is 0 Å². The van der Waals surface area contributed by atoms with Crippen LogP contribution in [0.25, 0.3) is 0 Å². The summed E-state index contributed by atoms with van der Waals surface area (Å²) in [5.74, 6) is 0.375. The minimum atomic E-state index is -0.327. The smallest absolute Gasteiger partial charge is 0.344 e. The fourth-order valence-corrected chi connectivity index (χ4v) is 2.28. The standard InChI is InChI=1S/C16H24BrNO3/c1-3-5-10-20-15(19)12-21-16-13(11-18-9-4-2)7-6-8-14(16)17/h6-8,18H,3-5,9-12H2,1-2H3. The number of carbonyl (C=O) groups excluding carboxylic acids is 1. The summed E-state index contributed by atoms with van der Waals surface area (Å²) < 4.78 is 11.6. The van der Waals surface area contributed by atoms with Gasteiger partial charge in [-0.05, 0) is 41.4 Å². The Hall–Kier alpha value is -1.07. The number of rotatable bonds is 10. The first-order valence-corrected chi connectivity index (χ1v) is 8.24. The van der Waals surface area contributed by atoms with Crippen LogP contribution >= 0.6 is 15.9 Å². The highest BCUT2D eigenvalue weighted by molar-refractivity contribution is 9.10. The third kappa shape index (κ3) is 6.96. The van der Waals surface area contributed by atoms with Gasteiger partial charge in [0.05, 0.1) is 11.1 Å². The lowest BCUT2D eigenvalue weighted by atomic mass is 10.2. The van der Waals surface area contributed by atoms with Crippen molar-refractivity contribution >= 4 is 21.9 Å². The summed E-state index contributed by atoms with van der Waals surface area (Å²) >= 11 is 3.47. The highest BCUT2D eigenvalue weighted by Gasteiger charge is 2.11. The van der Waals surface area contributed by atoms with E-state index in [1.54, 1.807) is 0 Å². The Bertz CT molecular complexity index is 438. The molecule has 0 unspecified atom stereocenters. The summed E-state index contributed by atoms with van der Waals surface area (Å²) in [5.41, 5.74) is 1.03. The molecule has 0 fully saturated rings. The summed E-state index contributed by atoms with van der Waals surface area (Å²) in [4.78, 5) is 11.6. The SMILES string of the molecule is CCCCOC(=O)COc1c(Br)cccc1CNCCC. The fourth-order valence-electron chi connectivity index (χ4n) is 1.76. The number of nitrogens with one attached hydrogen (secondary N) is 1. The van der Waals surface area contributed by atoms with Gasteiger partial charge in [0.25, 0.3) is 0 Å². The van der Waals surface area contributed by atoms with Crippen LogP contribution in [-0.4, -0.2) is 25.7 Å². The summed E-state index contributed by atoms with van der Waals surface area (Å²) in [6, 6.07) is 5.85. The van der Waals surface area contributed by atoms with E-state index in [0.29, 0.717) is 18.9 Å². The van der Waals surface area contributed by atoms with E-state index in [1.807, 2.05) is 18.2 Å². The van der Waals surface area contributed by atoms with Gasteiger partial charge in [-0.2, -0.15) is 0 Å². The largest absolute Gasteiger partial charge is 0.480 e. The highest BCUT2D eigenvalue weighted by atomic mass is 79.9. The molecule has 0 aromatic heterocycles. The monoisotopic (exact) mass is 357 g/mol. The number of benzene rings is 1. The van der Waals surface area contributed by atoms with E-state index in [1.165, 1.54) is 0 Å². The van der Waals surface area contributed by atoms with Crippen LogP contribution in [0.2, 0.25) is 0 Å². The lowest BCUT2D eigenvalue weighted by Gasteiger charge is -2.13. The van der Waals surface area contributed by atoms with Crippen LogP contribution in [0.4, 0.5) is 0 Å². The predicted molar refractivity (Wildman–Crippen MR) is 87.5 cm³/mol. The molecule has 0 atom stereocenters. The molecule has 0 bridgehead atoms. The Morgan fingerprint density at radius 1 is 1.29 bits per heavy atom. The van der Waals surface area contributed by atoms with Crippen molar-refractivity contribution in [3.8, 4) is 5.75 Å². The topological polar surface area (TPSA) is 47.6 Å². The van der Waals surface area contributed by atoms with Crippen LogP contribution in [0.15, 0.2) is 22.7 Å². The van der Waals surface area contributed by atoms with Crippen molar-refractivity contribution in [2.24, 2.45) is 0 Å². The van der Waals surface area contributed by atoms with Crippen LogP contribution in [-0.2, 0) is 16.1 Å². The lowest BCUT2D eigenvalue weighted by molar-refractivity contribution is -0.146. The molecule has 0 aliphatic heterocycles. The molecule has 1 N–H and O–H groups in total. The van der Waals surface area contributed by atoms with Gasteiger partial charge < -0.3 is 14.8 Å². The van der Waals surface area contributed by atoms with Gasteiger partial charge in [-0.15, -0.1) is 0 Å². The maximum Gasteiger partial charge on any atom is 0.344 e. The molecule has 1 aromatic carbocycles. The van der Waals surface area contributed by atoms with E-state index in [2.05, 4.69) is 35.1 Å². The van der Waals surface area contributed by atoms with Crippen LogP contribution in [0.3, 0.4) is 0 Å². The number of ether oxygens (including phenoxy) is 2. The molecule has 0 saturated heterocycles. The van der Waals surface area contributed by atoms with Crippen molar-refractivity contribution in [3.05, 3.63) is 28.2 Å². The fraction of sp³-hybridized carbons (Fsp3) is 0.562. The molecule has 0 saturated carbocycles. The van der Waals surface area contributed by atoms with Gasteiger partial charge >= 0.3 is 5.97 Å². The molecule has 5 heteroatoms. The molecule has 4 nitrogen and oxygen atoms in total. The predicted octanol–water partition coefficient (Wildman–Crippen LogP) is 3.67. The summed E-state index contributed by atoms with van der Waals surface area (Å²) in [6.45, 7) is 6.24. The molecule has 0 aliphatic rings. The second kappa shape index (κ2) is 10.6. The molecule has 118 valence electrons. The summed E-state index contributed by atoms with van der Waals surface area (Å²) in [7, 11) is 0. The molecule has 0 radical (unpaired) electrons. The van der Waals surface area contributed by atoms with Gasteiger partial charge in [-0.25, -0.2) is 4.79 Å². The van der Waals surface area contributed by atoms with Crippen LogP contribution in [0.1, 0.15) is 38.7 Å². The molecular formula is C16H24BrNO3. The Morgan fingerprint density at radius 3 is 2.81 bits per heavy atom. The first-order valence-electron chi connectivity index (χ1n) is 7.45. The maximum atomic E-state index is 11.6. The molecule has 0 heterocycles. The Balaban J connectivity index is 2.54. The maximum absolute atomic E-state index is 11.6. The minimum Gasteiger partial charge on any atom is -0.480 e. The second-order valence-electron chi connectivity index (χ2n) is 4.77. The molecule has 21 heavy (non-hydrogen) atoms. The van der Waals surface area contributed by atoms with Gasteiger partial charge in [0.1, 0.15) is 5.75 Å². The van der Waals surface area contributed by atoms with Crippen LogP contribution in [0, 0.1) is 0 Å². The number of halogens is 1. The number of carbonyl (C=O) groups is 1. The van der Waals surface area contributed by atoms with Gasteiger partial charge in [0.15, 0.2) is 6.61 Å². The molecule has 0 aliphatic carbocycles. The van der Waals surface area contributed by atoms with Gasteiger partial charge in [0.2, 0.25) is 0 Å². The first-order chi connectivity index (χ1) is 10.2. The Labute approximate surface area is 135 Å². The number of para-hydroxylation sites is 1. The number of hydrogen-bond donors (Lipinski definition) is 1. The van der Waals surface area contributed by atoms with E-state index in [-0.39, 0.29) is 12.6 Å². The first kappa shape index (κ1) is 18.0. The van der Waals surface area contributed by atoms with E-state index < -0.39 is 0 Å². The zero-order valence-electron chi connectivity index (χ0n) is 12.8. The number of esters is 1. The Kier molecular flexibility index (Phi) is 9.10. The van der Waals surface area contributed by atoms with Crippen molar-refractivity contribution in [1.82, 2.24) is 5.32 Å². The Morgan fingerprint density at radius 2 is 2.10 bits per heavy atom. The van der Waals surface area contributed by atoms with Crippen molar-refractivity contribution < 1.29 is 14.3 Å². The van der Waals surface area contributed by atoms with E-state index in [0.717, 1.165) is 35.8 Å². The number of hydrogen-bond acceptors (Lipinski definition) is 4. The van der Waals surface area contributed by atoms with Crippen LogP contribution in [0.5, 0.6) is 5.75 Å². The zero-order chi connectivity index (χ0) is 15.5. The zero-order valence-corrected chi connectivity index (χ0v) is 14.4. The summed E-state index contributed by atoms with van der Waals surface area (Å²) in [5, 5.41) is 3.33. The third-order valence-corrected chi connectivity index (χ3v) is 3.51. The molecule has 0 amide bonds. The molecule has 1 aromatic rings. The second-order valence-corrected chi connectivity index (χ2v) is 5.62. The normalized spacial score (nSPS) is 10.4. The molecular weight excluding hydrogens is 334 g/mol. The molecule has 0 spiro atoms. The van der Waals surface area contributed by atoms with Crippen molar-refractivity contribution in [1.29, 1.82) is 0 Å². The number of unbranched alkanes of at least 4 members (excludes halogenated alkanes) is 1. The lowest BCUT2D eigenvalue weighted by Crippen LogP contribution is -2.18. The minimum absolute atomic E-state index is 0.0624. The molecule has 1 rings (SSSR count). The van der Waals surface area contributed by atoms with Gasteiger partial charge in [0, 0.05) is 12.1 Å². The quantitative estimate of drug-likeness (QED) is 0.512.